The van der Waals surface area contributed by atoms with E-state index in [1.165, 1.54) is 24.3 Å². The molecular formula is C42H49Cl3F2N2O2. The topological polar surface area (TPSA) is 46.9 Å². The fraction of sp³-hybridized carbons (Fsp3) is 0.333. The Kier molecular flexibility index (Phi) is 15.5. The van der Waals surface area contributed by atoms with Crippen molar-refractivity contribution in [1.82, 2.24) is 9.80 Å². The highest BCUT2D eigenvalue weighted by Crippen LogP contribution is 2.41. The Bertz CT molecular complexity index is 1770. The van der Waals surface area contributed by atoms with Gasteiger partial charge < -0.3 is 20.0 Å². The monoisotopic (exact) mass is 756 g/mol. The summed E-state index contributed by atoms with van der Waals surface area (Å²) in [6.07, 6.45) is 3.76. The molecule has 4 nitrogen and oxygen atoms in total. The number of hydrogen-bond acceptors (Lipinski definition) is 4. The summed E-state index contributed by atoms with van der Waals surface area (Å²) in [6.45, 7) is 9.13. The molecule has 0 aliphatic heterocycles. The second-order valence-corrected chi connectivity index (χ2v) is 15.1. The second kappa shape index (κ2) is 18.6. The fourth-order valence-corrected chi connectivity index (χ4v) is 7.22. The Hall–Kier alpha value is -3.07. The minimum Gasteiger partial charge on any atom is -0.380 e. The molecule has 4 aromatic carbocycles. The first kappa shape index (κ1) is 42.3. The summed E-state index contributed by atoms with van der Waals surface area (Å²) in [5.74, 6) is -0.778. The van der Waals surface area contributed by atoms with Crippen LogP contribution >= 0.6 is 34.8 Å². The van der Waals surface area contributed by atoms with Crippen LogP contribution in [0.1, 0.15) is 49.9 Å². The summed E-state index contributed by atoms with van der Waals surface area (Å²) >= 11 is 18.5. The van der Waals surface area contributed by atoms with Crippen molar-refractivity contribution < 1.29 is 19.0 Å². The summed E-state index contributed by atoms with van der Waals surface area (Å²) in [4.78, 5) is 4.07. The molecule has 0 heterocycles. The van der Waals surface area contributed by atoms with E-state index in [4.69, 9.17) is 34.8 Å². The molecule has 0 bridgehead atoms. The highest BCUT2D eigenvalue weighted by atomic mass is 35.5. The van der Waals surface area contributed by atoms with Crippen LogP contribution in [0.5, 0.6) is 0 Å². The first-order valence-corrected chi connectivity index (χ1v) is 17.8. The molecule has 2 N–H and O–H groups in total. The Morgan fingerprint density at radius 2 is 0.980 bits per heavy atom. The van der Waals surface area contributed by atoms with Gasteiger partial charge in [-0.3, -0.25) is 0 Å². The molecule has 4 aromatic rings. The van der Waals surface area contributed by atoms with Crippen LogP contribution in [-0.4, -0.2) is 61.3 Å². The fourth-order valence-electron chi connectivity index (χ4n) is 6.50. The summed E-state index contributed by atoms with van der Waals surface area (Å²) in [5, 5.41) is 25.0. The molecule has 0 aromatic heterocycles. The lowest BCUT2D eigenvalue weighted by molar-refractivity contribution is 0.0104. The van der Waals surface area contributed by atoms with Gasteiger partial charge in [-0.25, -0.2) is 8.78 Å². The van der Waals surface area contributed by atoms with Crippen LogP contribution in [-0.2, 0) is 11.2 Å². The molecule has 0 aliphatic carbocycles. The van der Waals surface area contributed by atoms with Crippen LogP contribution in [0.3, 0.4) is 0 Å². The third kappa shape index (κ3) is 11.5. The van der Waals surface area contributed by atoms with E-state index in [0.29, 0.717) is 33.7 Å². The lowest BCUT2D eigenvalue weighted by Crippen LogP contribution is -2.40. The van der Waals surface area contributed by atoms with Gasteiger partial charge in [0.15, 0.2) is 0 Å². The first-order chi connectivity index (χ1) is 23.9. The predicted molar refractivity (Wildman–Crippen MR) is 211 cm³/mol. The smallest absolute Gasteiger partial charge is 0.123 e. The summed E-state index contributed by atoms with van der Waals surface area (Å²) in [7, 11) is 7.88. The van der Waals surface area contributed by atoms with Crippen molar-refractivity contribution in [2.45, 2.75) is 38.9 Å². The summed E-state index contributed by atoms with van der Waals surface area (Å²) < 4.78 is 26.3. The van der Waals surface area contributed by atoms with E-state index in [2.05, 4.69) is 0 Å². The van der Waals surface area contributed by atoms with E-state index < -0.39 is 11.2 Å². The molecule has 51 heavy (non-hydrogen) atoms. The van der Waals surface area contributed by atoms with Crippen LogP contribution < -0.4 is 0 Å². The number of halogens is 5. The van der Waals surface area contributed by atoms with Gasteiger partial charge in [0.2, 0.25) is 0 Å². The van der Waals surface area contributed by atoms with Crippen molar-refractivity contribution in [3.63, 3.8) is 0 Å². The van der Waals surface area contributed by atoms with Crippen molar-refractivity contribution in [3.8, 4) is 0 Å². The molecule has 274 valence electrons. The van der Waals surface area contributed by atoms with Crippen LogP contribution in [0, 0.1) is 23.5 Å². The average molecular weight is 758 g/mol. The van der Waals surface area contributed by atoms with Crippen molar-refractivity contribution in [2.75, 3.05) is 41.3 Å². The number of aliphatic hydroxyl groups is 2. The largest absolute Gasteiger partial charge is 0.380 e. The molecule has 0 amide bonds. The van der Waals surface area contributed by atoms with Crippen molar-refractivity contribution >= 4 is 47.0 Å². The zero-order chi connectivity index (χ0) is 38.1. The van der Waals surface area contributed by atoms with E-state index in [-0.39, 0.29) is 23.5 Å². The minimum absolute atomic E-state index is 0.0716. The van der Waals surface area contributed by atoms with Crippen LogP contribution in [0.2, 0.25) is 15.1 Å². The number of rotatable bonds is 12. The Balaban J connectivity index is 0.000000276. The Labute approximate surface area is 317 Å². The van der Waals surface area contributed by atoms with Crippen molar-refractivity contribution in [2.24, 2.45) is 11.8 Å². The molecule has 0 saturated carbocycles. The average Bonchev–Trinajstić information content (AvgIpc) is 3.05. The Morgan fingerprint density at radius 1 is 0.608 bits per heavy atom. The standard InChI is InChI=1S/C21H24Cl2FNO.C21H25ClFNO/c1-14(9-16-5-7-20(24)8-6-16)21(26,15(2)13-25(3)4)17-10-18(22)12-19(23)11-17;1-15(12-17-8-10-20(23)11-9-17)21(25,16(2)14-24(3)4)18-6-5-7-19(22)13-18/h5-12,15,26H,13H2,1-4H3;5-13,16,25H,14H2,1-4H3. The molecule has 0 fully saturated rings. The maximum Gasteiger partial charge on any atom is 0.123 e. The number of benzene rings is 4. The lowest BCUT2D eigenvalue weighted by atomic mass is 9.76. The third-order valence-corrected chi connectivity index (χ3v) is 9.65. The van der Waals surface area contributed by atoms with E-state index in [1.807, 2.05) is 90.0 Å². The maximum absolute atomic E-state index is 13.2. The lowest BCUT2D eigenvalue weighted by Gasteiger charge is -2.37. The minimum atomic E-state index is -1.27. The SMILES string of the molecule is CC(=Cc1ccc(F)cc1)C(O)(c1cc(Cl)cc(Cl)c1)C(C)CN(C)C.CC(=Cc1ccc(F)cc1)C(O)(c1cccc(Cl)c1)C(C)CN(C)C. The summed E-state index contributed by atoms with van der Waals surface area (Å²) in [6, 6.07) is 24.8. The molecule has 0 saturated heterocycles. The number of hydrogen-bond donors (Lipinski definition) is 2. The molecular weight excluding hydrogens is 709 g/mol. The van der Waals surface area contributed by atoms with Crippen LogP contribution in [0.25, 0.3) is 12.2 Å². The molecule has 4 unspecified atom stereocenters. The van der Waals surface area contributed by atoms with Gasteiger partial charge in [-0.05, 0) is 130 Å². The highest BCUT2D eigenvalue weighted by molar-refractivity contribution is 6.34. The molecule has 4 rings (SSSR count). The van der Waals surface area contributed by atoms with E-state index >= 15 is 0 Å². The molecule has 0 aliphatic rings. The Morgan fingerprint density at radius 3 is 1.35 bits per heavy atom. The zero-order valence-corrected chi connectivity index (χ0v) is 32.8. The van der Waals surface area contributed by atoms with E-state index in [1.54, 1.807) is 54.6 Å². The van der Waals surface area contributed by atoms with Crippen LogP contribution in [0.4, 0.5) is 8.78 Å². The maximum atomic E-state index is 13.2. The molecule has 0 spiro atoms. The molecule has 4 atom stereocenters. The normalized spacial score (nSPS) is 15.9. The highest BCUT2D eigenvalue weighted by Gasteiger charge is 2.39. The second-order valence-electron chi connectivity index (χ2n) is 13.8. The summed E-state index contributed by atoms with van der Waals surface area (Å²) in [5.41, 5.74) is 2.12. The van der Waals surface area contributed by atoms with E-state index in [0.717, 1.165) is 27.8 Å². The number of nitrogens with zero attached hydrogens (tertiary/aromatic N) is 2. The van der Waals surface area contributed by atoms with Gasteiger partial charge in [-0.1, -0.05) is 97.2 Å². The van der Waals surface area contributed by atoms with Gasteiger partial charge in [-0.15, -0.1) is 0 Å². The van der Waals surface area contributed by atoms with E-state index in [9.17, 15) is 19.0 Å². The van der Waals surface area contributed by atoms with Gasteiger partial charge in [0.25, 0.3) is 0 Å². The van der Waals surface area contributed by atoms with Crippen LogP contribution in [0.15, 0.2) is 102 Å². The van der Waals surface area contributed by atoms with Gasteiger partial charge >= 0.3 is 0 Å². The van der Waals surface area contributed by atoms with Crippen molar-refractivity contribution in [1.29, 1.82) is 0 Å². The third-order valence-electron chi connectivity index (χ3n) is 8.98. The predicted octanol–water partition coefficient (Wildman–Crippen LogP) is 10.6. The molecule has 0 radical (unpaired) electrons. The molecule has 9 heteroatoms. The first-order valence-electron chi connectivity index (χ1n) is 16.7. The van der Waals surface area contributed by atoms with Gasteiger partial charge in [0.1, 0.15) is 22.8 Å². The quantitative estimate of drug-likeness (QED) is 0.151. The van der Waals surface area contributed by atoms with Gasteiger partial charge in [-0.2, -0.15) is 0 Å². The van der Waals surface area contributed by atoms with Gasteiger partial charge in [0, 0.05) is 40.0 Å². The zero-order valence-electron chi connectivity index (χ0n) is 30.6. The van der Waals surface area contributed by atoms with Crippen molar-refractivity contribution in [3.05, 3.63) is 151 Å². The van der Waals surface area contributed by atoms with Gasteiger partial charge in [0.05, 0.1) is 0 Å².